The molecule has 1 aromatic heterocycles. The minimum absolute atomic E-state index is 0.0820. The Balaban J connectivity index is 2.29. The lowest BCUT2D eigenvalue weighted by Gasteiger charge is -2.11. The average molecular weight is 314 g/mol. The predicted molar refractivity (Wildman–Crippen MR) is 78.1 cm³/mol. The van der Waals surface area contributed by atoms with Crippen molar-refractivity contribution in [2.75, 3.05) is 23.9 Å². The zero-order valence-corrected chi connectivity index (χ0v) is 12.1. The molecular formula is C13H13F3N4S. The Morgan fingerprint density at radius 1 is 1.05 bits per heavy atom. The quantitative estimate of drug-likeness (QED) is 0.835. The maximum absolute atomic E-state index is 12.7. The van der Waals surface area contributed by atoms with Gasteiger partial charge in [-0.15, -0.1) is 11.8 Å². The van der Waals surface area contributed by atoms with E-state index in [1.165, 1.54) is 13.1 Å². The van der Waals surface area contributed by atoms with Crippen LogP contribution in [-0.2, 0) is 6.18 Å². The van der Waals surface area contributed by atoms with Crippen molar-refractivity contribution in [3.8, 4) is 0 Å². The summed E-state index contributed by atoms with van der Waals surface area (Å²) in [6, 6.07) is 8.72. The van der Waals surface area contributed by atoms with Gasteiger partial charge in [-0.1, -0.05) is 0 Å². The number of halogens is 3. The van der Waals surface area contributed by atoms with Crippen LogP contribution in [0.3, 0.4) is 0 Å². The largest absolute Gasteiger partial charge is 0.451 e. The summed E-state index contributed by atoms with van der Waals surface area (Å²) in [5.74, 6) is -1.00. The van der Waals surface area contributed by atoms with Crippen LogP contribution in [0.5, 0.6) is 0 Å². The minimum atomic E-state index is -4.59. The maximum Gasteiger partial charge on any atom is 0.451 e. The lowest BCUT2D eigenvalue weighted by Crippen LogP contribution is -2.13. The molecule has 0 bridgehead atoms. The van der Waals surface area contributed by atoms with Gasteiger partial charge in [-0.05, 0) is 30.5 Å². The number of hydrogen-bond acceptors (Lipinski definition) is 5. The smallest absolute Gasteiger partial charge is 0.373 e. The summed E-state index contributed by atoms with van der Waals surface area (Å²) >= 11 is 1.58. The number of benzene rings is 1. The van der Waals surface area contributed by atoms with Crippen molar-refractivity contribution in [1.29, 1.82) is 0 Å². The number of hydrogen-bond donors (Lipinski definition) is 2. The van der Waals surface area contributed by atoms with E-state index in [1.54, 1.807) is 23.9 Å². The number of nitrogens with one attached hydrogen (secondary N) is 2. The SMILES string of the molecule is CNc1cc(Nc2ccc(SC)cc2)nc(C(F)(F)F)n1. The number of anilines is 3. The molecule has 0 saturated heterocycles. The first kappa shape index (κ1) is 15.4. The molecule has 0 saturated carbocycles. The van der Waals surface area contributed by atoms with Crippen LogP contribution in [0.2, 0.25) is 0 Å². The van der Waals surface area contributed by atoms with Crippen LogP contribution < -0.4 is 10.6 Å². The molecule has 2 rings (SSSR count). The third-order valence-electron chi connectivity index (χ3n) is 2.60. The van der Waals surface area contributed by atoms with Crippen LogP contribution in [-0.4, -0.2) is 23.3 Å². The number of nitrogens with zero attached hydrogens (tertiary/aromatic N) is 2. The minimum Gasteiger partial charge on any atom is -0.373 e. The molecule has 0 aliphatic heterocycles. The van der Waals surface area contributed by atoms with Gasteiger partial charge in [0.2, 0.25) is 5.82 Å². The van der Waals surface area contributed by atoms with Gasteiger partial charge >= 0.3 is 6.18 Å². The fraction of sp³-hybridized carbons (Fsp3) is 0.231. The van der Waals surface area contributed by atoms with Crippen LogP contribution in [0.4, 0.5) is 30.5 Å². The van der Waals surface area contributed by atoms with Crippen LogP contribution >= 0.6 is 11.8 Å². The Bertz CT molecular complexity index is 614. The normalized spacial score (nSPS) is 11.3. The van der Waals surface area contributed by atoms with Gasteiger partial charge in [-0.2, -0.15) is 13.2 Å². The molecule has 4 nitrogen and oxygen atoms in total. The van der Waals surface area contributed by atoms with E-state index in [4.69, 9.17) is 0 Å². The molecule has 0 spiro atoms. The second kappa shape index (κ2) is 6.21. The molecule has 8 heteroatoms. The Morgan fingerprint density at radius 3 is 2.19 bits per heavy atom. The first-order valence-corrected chi connectivity index (χ1v) is 7.20. The predicted octanol–water partition coefficient (Wildman–Crippen LogP) is 4.00. The molecule has 1 heterocycles. The van der Waals surface area contributed by atoms with E-state index in [-0.39, 0.29) is 11.6 Å². The van der Waals surface area contributed by atoms with E-state index >= 15 is 0 Å². The van der Waals surface area contributed by atoms with Gasteiger partial charge < -0.3 is 10.6 Å². The van der Waals surface area contributed by atoms with E-state index < -0.39 is 12.0 Å². The molecule has 2 N–H and O–H groups in total. The number of aromatic nitrogens is 2. The van der Waals surface area contributed by atoms with Crippen LogP contribution in [0.1, 0.15) is 5.82 Å². The van der Waals surface area contributed by atoms with Gasteiger partial charge in [0.15, 0.2) is 0 Å². The fourth-order valence-corrected chi connectivity index (χ4v) is 2.00. The molecule has 0 fully saturated rings. The van der Waals surface area contributed by atoms with Crippen LogP contribution in [0.25, 0.3) is 0 Å². The first-order chi connectivity index (χ1) is 9.92. The molecule has 0 radical (unpaired) electrons. The Kier molecular flexibility index (Phi) is 4.56. The van der Waals surface area contributed by atoms with Crippen LogP contribution in [0, 0.1) is 0 Å². The third-order valence-corrected chi connectivity index (χ3v) is 3.34. The van der Waals surface area contributed by atoms with E-state index in [1.807, 2.05) is 18.4 Å². The van der Waals surface area contributed by atoms with Crippen molar-refractivity contribution < 1.29 is 13.2 Å². The highest BCUT2D eigenvalue weighted by Crippen LogP contribution is 2.29. The Hall–Kier alpha value is -1.96. The molecule has 112 valence electrons. The fourth-order valence-electron chi connectivity index (χ4n) is 1.59. The molecule has 0 atom stereocenters. The van der Waals surface area contributed by atoms with Gasteiger partial charge in [0, 0.05) is 23.7 Å². The Labute approximate surface area is 124 Å². The molecule has 0 amide bonds. The topological polar surface area (TPSA) is 49.8 Å². The molecule has 0 aliphatic rings. The number of alkyl halides is 3. The summed E-state index contributed by atoms with van der Waals surface area (Å²) in [5, 5.41) is 5.43. The summed E-state index contributed by atoms with van der Waals surface area (Å²) in [5.41, 5.74) is 0.654. The van der Waals surface area contributed by atoms with Crippen molar-refractivity contribution in [2.24, 2.45) is 0 Å². The Morgan fingerprint density at radius 2 is 1.67 bits per heavy atom. The van der Waals surface area contributed by atoms with Gasteiger partial charge in [-0.25, -0.2) is 9.97 Å². The zero-order chi connectivity index (χ0) is 15.5. The van der Waals surface area contributed by atoms with Crippen molar-refractivity contribution in [1.82, 2.24) is 9.97 Å². The highest BCUT2D eigenvalue weighted by atomic mass is 32.2. The summed E-state index contributed by atoms with van der Waals surface area (Å²) in [6.07, 6.45) is -2.65. The van der Waals surface area contributed by atoms with E-state index in [0.717, 1.165) is 4.90 Å². The van der Waals surface area contributed by atoms with Crippen molar-refractivity contribution in [2.45, 2.75) is 11.1 Å². The number of rotatable bonds is 4. The molecule has 1 aromatic carbocycles. The lowest BCUT2D eigenvalue weighted by molar-refractivity contribution is -0.144. The van der Waals surface area contributed by atoms with Gasteiger partial charge in [-0.3, -0.25) is 0 Å². The molecule has 2 aromatic rings. The van der Waals surface area contributed by atoms with Crippen LogP contribution in [0.15, 0.2) is 35.2 Å². The van der Waals surface area contributed by atoms with Gasteiger partial charge in [0.25, 0.3) is 0 Å². The molecule has 21 heavy (non-hydrogen) atoms. The third kappa shape index (κ3) is 4.01. The van der Waals surface area contributed by atoms with E-state index in [9.17, 15) is 13.2 Å². The molecule has 0 unspecified atom stereocenters. The lowest BCUT2D eigenvalue weighted by atomic mass is 10.3. The van der Waals surface area contributed by atoms with Gasteiger partial charge in [0.05, 0.1) is 0 Å². The highest BCUT2D eigenvalue weighted by Gasteiger charge is 2.35. The van der Waals surface area contributed by atoms with Gasteiger partial charge in [0.1, 0.15) is 11.6 Å². The number of thioether (sulfide) groups is 1. The first-order valence-electron chi connectivity index (χ1n) is 5.97. The standard InChI is InChI=1S/C13H13F3N4S/c1-17-10-7-11(20-12(19-10)13(14,15)16)18-8-3-5-9(21-2)6-4-8/h3-7H,1-2H3,(H2,17,18,19,20). The maximum atomic E-state index is 12.7. The zero-order valence-electron chi connectivity index (χ0n) is 11.3. The second-order valence-electron chi connectivity index (χ2n) is 4.06. The monoisotopic (exact) mass is 314 g/mol. The van der Waals surface area contributed by atoms with Crippen molar-refractivity contribution >= 4 is 29.1 Å². The summed E-state index contributed by atoms with van der Waals surface area (Å²) < 4.78 is 38.2. The average Bonchev–Trinajstić information content (AvgIpc) is 2.46. The molecular weight excluding hydrogens is 301 g/mol. The summed E-state index contributed by atoms with van der Waals surface area (Å²) in [7, 11) is 1.50. The summed E-state index contributed by atoms with van der Waals surface area (Å²) in [4.78, 5) is 7.96. The van der Waals surface area contributed by atoms with E-state index in [0.29, 0.717) is 5.69 Å². The summed E-state index contributed by atoms with van der Waals surface area (Å²) in [6.45, 7) is 0. The molecule has 0 aliphatic carbocycles. The van der Waals surface area contributed by atoms with E-state index in [2.05, 4.69) is 20.6 Å². The second-order valence-corrected chi connectivity index (χ2v) is 4.94. The van der Waals surface area contributed by atoms with Crippen molar-refractivity contribution in [3.63, 3.8) is 0 Å². The highest BCUT2D eigenvalue weighted by molar-refractivity contribution is 7.98. The van der Waals surface area contributed by atoms with Crippen molar-refractivity contribution in [3.05, 3.63) is 36.2 Å².